The highest BCUT2D eigenvalue weighted by atomic mass is 16.7. The number of hydrogen-bond donors (Lipinski definition) is 0. The molecule has 2 rings (SSSR count). The maximum absolute atomic E-state index is 5.30. The van der Waals surface area contributed by atoms with Gasteiger partial charge in [0.15, 0.2) is 0 Å². The lowest BCUT2D eigenvalue weighted by atomic mass is 9.68. The Kier molecular flexibility index (Phi) is 0.862. The first-order valence-corrected chi connectivity index (χ1v) is 3.34. The molecule has 0 aromatic carbocycles. The van der Waals surface area contributed by atoms with E-state index < -0.39 is 0 Å². The molecule has 9 heavy (non-hydrogen) atoms. The van der Waals surface area contributed by atoms with Gasteiger partial charge in [0.1, 0.15) is 0 Å². The summed E-state index contributed by atoms with van der Waals surface area (Å²) >= 11 is 0. The zero-order chi connectivity index (χ0) is 6.54. The molecule has 2 fully saturated rings. The Hall–Kier alpha value is -0.0151. The molecule has 2 unspecified atom stereocenters. The van der Waals surface area contributed by atoms with Gasteiger partial charge in [0.25, 0.3) is 0 Å². The van der Waals surface area contributed by atoms with Gasteiger partial charge in [-0.1, -0.05) is 0 Å². The van der Waals surface area contributed by atoms with Crippen molar-refractivity contribution in [3.63, 3.8) is 0 Å². The van der Waals surface area contributed by atoms with E-state index in [1.165, 1.54) is 7.69 Å². The van der Waals surface area contributed by atoms with E-state index in [0.29, 0.717) is 0 Å². The van der Waals surface area contributed by atoms with Gasteiger partial charge in [-0.15, -0.1) is 0 Å². The van der Waals surface area contributed by atoms with Crippen LogP contribution < -0.4 is 0 Å². The fourth-order valence-corrected chi connectivity index (χ4v) is 1.43. The van der Waals surface area contributed by atoms with Crippen molar-refractivity contribution in [1.29, 1.82) is 0 Å². The van der Waals surface area contributed by atoms with Crippen molar-refractivity contribution in [2.24, 2.45) is 0 Å². The fourth-order valence-electron chi connectivity index (χ4n) is 1.43. The van der Waals surface area contributed by atoms with E-state index in [2.05, 4.69) is 13.8 Å². The summed E-state index contributed by atoms with van der Waals surface area (Å²) in [5, 5.41) is 0. The second-order valence-electron chi connectivity index (χ2n) is 3.29. The molecule has 2 aliphatic rings. The molecule has 1 heterocycles. The molecule has 1 radical (unpaired) electrons. The van der Waals surface area contributed by atoms with Crippen LogP contribution in [0.1, 0.15) is 26.7 Å². The summed E-state index contributed by atoms with van der Waals surface area (Å²) in [5.41, 5.74) is -0.0139. The molecular weight excluding hydrogens is 115 g/mol. The van der Waals surface area contributed by atoms with Gasteiger partial charge in [-0.2, -0.15) is 0 Å². The highest BCUT2D eigenvalue weighted by Crippen LogP contribution is 2.50. The third-order valence-corrected chi connectivity index (χ3v) is 2.81. The van der Waals surface area contributed by atoms with Gasteiger partial charge in [0.2, 0.25) is 0 Å². The largest absolute Gasteiger partial charge is 0.489 e. The molecule has 0 N–H and O–H groups in total. The Morgan fingerprint density at radius 3 is 1.78 bits per heavy atom. The highest BCUT2D eigenvalue weighted by Gasteiger charge is 2.58. The maximum Gasteiger partial charge on any atom is 0.489 e. The highest BCUT2D eigenvalue weighted by molar-refractivity contribution is 6.19. The van der Waals surface area contributed by atoms with Crippen LogP contribution in [0.25, 0.3) is 0 Å². The predicted molar refractivity (Wildman–Crippen MR) is 34.0 cm³/mol. The minimum absolute atomic E-state index is 0.00694. The smallest absolute Gasteiger partial charge is 0.405 e. The van der Waals surface area contributed by atoms with Crippen LogP contribution in [-0.2, 0) is 9.31 Å². The topological polar surface area (TPSA) is 18.5 Å². The van der Waals surface area contributed by atoms with Gasteiger partial charge in [-0.3, -0.25) is 0 Å². The van der Waals surface area contributed by atoms with Crippen molar-refractivity contribution >= 4 is 7.69 Å². The summed E-state index contributed by atoms with van der Waals surface area (Å²) in [7, 11) is 1.48. The van der Waals surface area contributed by atoms with Crippen molar-refractivity contribution in [1.82, 2.24) is 0 Å². The molecule has 0 aromatic rings. The lowest BCUT2D eigenvalue weighted by Crippen LogP contribution is -2.56. The van der Waals surface area contributed by atoms with Crippen LogP contribution in [0.2, 0.25) is 0 Å². The van der Waals surface area contributed by atoms with Crippen LogP contribution in [0, 0.1) is 0 Å². The monoisotopic (exact) mass is 125 g/mol. The third kappa shape index (κ3) is 0.497. The first kappa shape index (κ1) is 5.75. The molecule has 0 aromatic heterocycles. The molecule has 0 spiro atoms. The van der Waals surface area contributed by atoms with E-state index >= 15 is 0 Å². The van der Waals surface area contributed by atoms with E-state index in [0.717, 1.165) is 12.8 Å². The van der Waals surface area contributed by atoms with Crippen LogP contribution in [0.15, 0.2) is 0 Å². The average Bonchev–Trinajstić information content (AvgIpc) is 1.98. The molecule has 49 valence electrons. The Morgan fingerprint density at radius 2 is 1.56 bits per heavy atom. The van der Waals surface area contributed by atoms with Crippen LogP contribution >= 0.6 is 0 Å². The number of fused-ring (bicyclic) bond motifs is 1. The fraction of sp³-hybridized carbons (Fsp3) is 1.00. The minimum Gasteiger partial charge on any atom is -0.405 e. The van der Waals surface area contributed by atoms with Gasteiger partial charge >= 0.3 is 7.69 Å². The molecule has 1 saturated heterocycles. The summed E-state index contributed by atoms with van der Waals surface area (Å²) < 4.78 is 10.6. The van der Waals surface area contributed by atoms with Crippen LogP contribution in [0.4, 0.5) is 0 Å². The lowest BCUT2D eigenvalue weighted by molar-refractivity contribution is -0.108. The summed E-state index contributed by atoms with van der Waals surface area (Å²) in [6.07, 6.45) is 2.25. The average molecular weight is 125 g/mol. The quantitative estimate of drug-likeness (QED) is 0.447. The van der Waals surface area contributed by atoms with Crippen molar-refractivity contribution < 1.29 is 9.31 Å². The van der Waals surface area contributed by atoms with E-state index in [1.54, 1.807) is 0 Å². The van der Waals surface area contributed by atoms with E-state index in [4.69, 9.17) is 9.31 Å². The zero-order valence-electron chi connectivity index (χ0n) is 5.81. The van der Waals surface area contributed by atoms with Crippen molar-refractivity contribution in [2.45, 2.75) is 37.9 Å². The Morgan fingerprint density at radius 1 is 1.11 bits per heavy atom. The summed E-state index contributed by atoms with van der Waals surface area (Å²) in [6, 6.07) is 0. The summed E-state index contributed by atoms with van der Waals surface area (Å²) in [6.45, 7) is 4.19. The summed E-state index contributed by atoms with van der Waals surface area (Å²) in [4.78, 5) is 0. The molecule has 3 heteroatoms. The second-order valence-corrected chi connectivity index (χ2v) is 3.29. The van der Waals surface area contributed by atoms with Crippen molar-refractivity contribution in [3.8, 4) is 0 Å². The Balaban J connectivity index is 2.26. The van der Waals surface area contributed by atoms with Gasteiger partial charge in [-0.25, -0.2) is 0 Å². The van der Waals surface area contributed by atoms with Crippen LogP contribution in [0.5, 0.6) is 0 Å². The van der Waals surface area contributed by atoms with Crippen molar-refractivity contribution in [3.05, 3.63) is 0 Å². The van der Waals surface area contributed by atoms with Gasteiger partial charge in [0.05, 0.1) is 11.2 Å². The van der Waals surface area contributed by atoms with Crippen molar-refractivity contribution in [2.75, 3.05) is 0 Å². The van der Waals surface area contributed by atoms with Crippen LogP contribution in [-0.4, -0.2) is 18.9 Å². The minimum atomic E-state index is -0.00694. The predicted octanol–water partition coefficient (Wildman–Crippen LogP) is 0.879. The first-order valence-electron chi connectivity index (χ1n) is 3.34. The molecule has 1 aliphatic heterocycles. The molecular formula is C6H10BO2. The SMILES string of the molecule is CC12CCC1(C)O[B]O2. The zero-order valence-corrected chi connectivity index (χ0v) is 5.81. The Labute approximate surface area is 55.8 Å². The van der Waals surface area contributed by atoms with E-state index in [-0.39, 0.29) is 11.2 Å². The maximum atomic E-state index is 5.30. The van der Waals surface area contributed by atoms with Gasteiger partial charge in [0, 0.05) is 0 Å². The van der Waals surface area contributed by atoms with E-state index in [9.17, 15) is 0 Å². The second kappa shape index (κ2) is 1.35. The summed E-state index contributed by atoms with van der Waals surface area (Å²) in [5.74, 6) is 0. The molecule has 0 bridgehead atoms. The first-order chi connectivity index (χ1) is 4.16. The normalized spacial score (nSPS) is 55.8. The Bertz CT molecular complexity index is 134. The van der Waals surface area contributed by atoms with E-state index in [1.807, 2.05) is 0 Å². The number of rotatable bonds is 0. The molecule has 2 nitrogen and oxygen atoms in total. The molecule has 2 atom stereocenters. The van der Waals surface area contributed by atoms with Gasteiger partial charge < -0.3 is 9.31 Å². The molecule has 0 amide bonds. The number of hydrogen-bond acceptors (Lipinski definition) is 2. The van der Waals surface area contributed by atoms with Gasteiger partial charge in [-0.05, 0) is 26.7 Å². The molecule has 1 aliphatic carbocycles. The standard InChI is InChI=1S/C6H10BO2/c1-5-3-4-6(5,2)9-7-8-5/h3-4H2,1-2H3. The van der Waals surface area contributed by atoms with Crippen LogP contribution in [0.3, 0.4) is 0 Å². The molecule has 1 saturated carbocycles. The lowest BCUT2D eigenvalue weighted by Gasteiger charge is -2.49. The third-order valence-electron chi connectivity index (χ3n) is 2.81.